The van der Waals surface area contributed by atoms with Crippen molar-refractivity contribution >= 4 is 33.4 Å². The fraction of sp³-hybridized carbons (Fsp3) is 0.182. The number of carbonyl (C=O) groups excluding carboxylic acids is 1. The lowest BCUT2D eigenvalue weighted by molar-refractivity contribution is 0.0951. The molecule has 8 heteroatoms. The maximum absolute atomic E-state index is 12.8. The van der Waals surface area contributed by atoms with Crippen molar-refractivity contribution in [2.75, 3.05) is 11.9 Å². The summed E-state index contributed by atoms with van der Waals surface area (Å²) in [4.78, 5) is 26.2. The minimum Gasteiger partial charge on any atom is -0.508 e. The number of hydrogen-bond acceptors (Lipinski definition) is 7. The van der Waals surface area contributed by atoms with Gasteiger partial charge in [0, 0.05) is 12.7 Å². The first kappa shape index (κ1) is 19.8. The number of thiophene rings is 1. The van der Waals surface area contributed by atoms with Crippen molar-refractivity contribution in [3.63, 3.8) is 0 Å². The molecule has 3 heterocycles. The van der Waals surface area contributed by atoms with Gasteiger partial charge in [-0.3, -0.25) is 9.78 Å². The zero-order valence-electron chi connectivity index (χ0n) is 16.4. The van der Waals surface area contributed by atoms with Gasteiger partial charge in [-0.1, -0.05) is 18.2 Å². The molecule has 7 nitrogen and oxygen atoms in total. The first-order chi connectivity index (χ1) is 14.6. The fourth-order valence-corrected chi connectivity index (χ4v) is 3.92. The van der Waals surface area contributed by atoms with Crippen LogP contribution in [-0.4, -0.2) is 32.5 Å². The van der Waals surface area contributed by atoms with E-state index in [0.29, 0.717) is 24.6 Å². The normalized spacial score (nSPS) is 11.9. The SMILES string of the molecule is C[C@H](Nc1nc(C(=O)NCCc2cccc(O)c2)c2sccc2n1)c1ccccn1. The van der Waals surface area contributed by atoms with E-state index in [2.05, 4.69) is 25.6 Å². The van der Waals surface area contributed by atoms with Crippen LogP contribution >= 0.6 is 11.3 Å². The van der Waals surface area contributed by atoms with Crippen LogP contribution < -0.4 is 10.6 Å². The summed E-state index contributed by atoms with van der Waals surface area (Å²) in [5.74, 6) is 0.350. The lowest BCUT2D eigenvalue weighted by Crippen LogP contribution is -2.27. The van der Waals surface area contributed by atoms with E-state index in [4.69, 9.17) is 0 Å². The molecule has 0 bridgehead atoms. The molecule has 0 saturated heterocycles. The Morgan fingerprint density at radius 1 is 1.17 bits per heavy atom. The summed E-state index contributed by atoms with van der Waals surface area (Å²) in [5.41, 5.74) is 2.89. The van der Waals surface area contributed by atoms with Gasteiger partial charge in [0.15, 0.2) is 5.69 Å². The van der Waals surface area contributed by atoms with Crippen LogP contribution in [0.4, 0.5) is 5.95 Å². The van der Waals surface area contributed by atoms with Crippen LogP contribution in [-0.2, 0) is 6.42 Å². The number of hydrogen-bond donors (Lipinski definition) is 3. The Kier molecular flexibility index (Phi) is 5.85. The quantitative estimate of drug-likeness (QED) is 0.420. The molecular weight excluding hydrogens is 398 g/mol. The average molecular weight is 420 g/mol. The summed E-state index contributed by atoms with van der Waals surface area (Å²) >= 11 is 1.44. The number of amides is 1. The number of phenolic OH excluding ortho intramolecular Hbond substituents is 1. The lowest BCUT2D eigenvalue weighted by atomic mass is 10.1. The molecule has 3 N–H and O–H groups in total. The summed E-state index contributed by atoms with van der Waals surface area (Å²) in [6, 6.07) is 14.5. The number of aromatic hydroxyl groups is 1. The maximum atomic E-state index is 12.8. The van der Waals surface area contributed by atoms with Crippen LogP contribution in [0.5, 0.6) is 5.75 Å². The molecule has 0 radical (unpaired) electrons. The number of aromatic nitrogens is 3. The zero-order chi connectivity index (χ0) is 20.9. The zero-order valence-corrected chi connectivity index (χ0v) is 17.2. The molecule has 0 spiro atoms. The summed E-state index contributed by atoms with van der Waals surface area (Å²) in [5, 5.41) is 17.6. The molecule has 1 atom stereocenters. The van der Waals surface area contributed by atoms with Crippen LogP contribution in [0.3, 0.4) is 0 Å². The number of carbonyl (C=O) groups is 1. The average Bonchev–Trinajstić information content (AvgIpc) is 3.22. The Hall–Kier alpha value is -3.52. The van der Waals surface area contributed by atoms with Gasteiger partial charge in [0.2, 0.25) is 5.95 Å². The van der Waals surface area contributed by atoms with Gasteiger partial charge in [-0.25, -0.2) is 9.97 Å². The molecule has 0 aliphatic carbocycles. The van der Waals surface area contributed by atoms with Crippen molar-refractivity contribution in [1.29, 1.82) is 0 Å². The van der Waals surface area contributed by atoms with Gasteiger partial charge in [0.1, 0.15) is 5.75 Å². The third-order valence-corrected chi connectivity index (χ3v) is 5.52. The number of phenols is 1. The van der Waals surface area contributed by atoms with E-state index >= 15 is 0 Å². The van der Waals surface area contributed by atoms with E-state index in [1.54, 1.807) is 24.4 Å². The molecule has 1 aromatic carbocycles. The van der Waals surface area contributed by atoms with E-state index in [-0.39, 0.29) is 17.7 Å². The molecule has 0 aliphatic rings. The van der Waals surface area contributed by atoms with Crippen molar-refractivity contribution in [3.8, 4) is 5.75 Å². The van der Waals surface area contributed by atoms with Crippen LogP contribution in [0.1, 0.15) is 34.7 Å². The van der Waals surface area contributed by atoms with E-state index in [1.807, 2.05) is 42.6 Å². The maximum Gasteiger partial charge on any atom is 0.271 e. The number of anilines is 1. The predicted octanol–water partition coefficient (Wildman–Crippen LogP) is 3.94. The highest BCUT2D eigenvalue weighted by atomic mass is 32.1. The Balaban J connectivity index is 1.49. The molecule has 0 saturated carbocycles. The molecular formula is C22H21N5O2S. The van der Waals surface area contributed by atoms with Gasteiger partial charge >= 0.3 is 0 Å². The van der Waals surface area contributed by atoms with Crippen molar-refractivity contribution in [2.45, 2.75) is 19.4 Å². The number of fused-ring (bicyclic) bond motifs is 1. The molecule has 1 amide bonds. The minimum absolute atomic E-state index is 0.107. The van der Waals surface area contributed by atoms with E-state index in [0.717, 1.165) is 21.5 Å². The third kappa shape index (κ3) is 4.55. The summed E-state index contributed by atoms with van der Waals surface area (Å²) in [7, 11) is 0. The number of rotatable bonds is 7. The predicted molar refractivity (Wildman–Crippen MR) is 118 cm³/mol. The largest absolute Gasteiger partial charge is 0.508 e. The number of benzene rings is 1. The number of nitrogens with one attached hydrogen (secondary N) is 2. The molecule has 4 aromatic rings. The van der Waals surface area contributed by atoms with Crippen molar-refractivity contribution in [2.24, 2.45) is 0 Å². The van der Waals surface area contributed by atoms with E-state index < -0.39 is 0 Å². The summed E-state index contributed by atoms with van der Waals surface area (Å²) < 4.78 is 0.751. The second-order valence-corrected chi connectivity index (χ2v) is 7.74. The van der Waals surface area contributed by atoms with Crippen molar-refractivity contribution in [1.82, 2.24) is 20.3 Å². The molecule has 30 heavy (non-hydrogen) atoms. The highest BCUT2D eigenvalue weighted by molar-refractivity contribution is 7.17. The Morgan fingerprint density at radius 3 is 2.87 bits per heavy atom. The smallest absolute Gasteiger partial charge is 0.271 e. The highest BCUT2D eigenvalue weighted by Crippen LogP contribution is 2.25. The van der Waals surface area contributed by atoms with Gasteiger partial charge in [0.05, 0.1) is 22.0 Å². The molecule has 0 aliphatic heterocycles. The van der Waals surface area contributed by atoms with Crippen LogP contribution in [0.2, 0.25) is 0 Å². The van der Waals surface area contributed by atoms with Gasteiger partial charge in [-0.05, 0) is 54.6 Å². The second-order valence-electron chi connectivity index (χ2n) is 6.83. The Morgan fingerprint density at radius 2 is 2.07 bits per heavy atom. The second kappa shape index (κ2) is 8.87. The summed E-state index contributed by atoms with van der Waals surface area (Å²) in [6.07, 6.45) is 2.35. The highest BCUT2D eigenvalue weighted by Gasteiger charge is 2.17. The number of nitrogens with zero attached hydrogens (tertiary/aromatic N) is 3. The van der Waals surface area contributed by atoms with Crippen molar-refractivity contribution < 1.29 is 9.90 Å². The molecule has 4 rings (SSSR count). The topological polar surface area (TPSA) is 100 Å². The van der Waals surface area contributed by atoms with Gasteiger partial charge in [-0.15, -0.1) is 11.3 Å². The van der Waals surface area contributed by atoms with Crippen LogP contribution in [0, 0.1) is 0 Å². The monoisotopic (exact) mass is 419 g/mol. The van der Waals surface area contributed by atoms with Crippen molar-refractivity contribution in [3.05, 3.63) is 77.1 Å². The molecule has 3 aromatic heterocycles. The standard InChI is InChI=1S/C22H21N5O2S/c1-14(17-7-2-3-10-23-17)25-22-26-18-9-12-30-20(18)19(27-22)21(29)24-11-8-15-5-4-6-16(28)13-15/h2-7,9-10,12-14,28H,8,11H2,1H3,(H,24,29)(H,25,26,27)/t14-/m0/s1. The first-order valence-electron chi connectivity index (χ1n) is 9.59. The minimum atomic E-state index is -0.251. The molecule has 0 unspecified atom stereocenters. The van der Waals surface area contributed by atoms with Crippen LogP contribution in [0.25, 0.3) is 10.2 Å². The number of pyridine rings is 1. The van der Waals surface area contributed by atoms with Gasteiger partial charge in [0.25, 0.3) is 5.91 Å². The Bertz CT molecular complexity index is 1160. The molecule has 152 valence electrons. The Labute approximate surface area is 177 Å². The first-order valence-corrected chi connectivity index (χ1v) is 10.5. The van der Waals surface area contributed by atoms with E-state index in [1.165, 1.54) is 11.3 Å². The van der Waals surface area contributed by atoms with E-state index in [9.17, 15) is 9.90 Å². The van der Waals surface area contributed by atoms with Gasteiger partial charge < -0.3 is 15.7 Å². The summed E-state index contributed by atoms with van der Waals surface area (Å²) in [6.45, 7) is 2.41. The van der Waals surface area contributed by atoms with Crippen LogP contribution in [0.15, 0.2) is 60.1 Å². The third-order valence-electron chi connectivity index (χ3n) is 4.61. The van der Waals surface area contributed by atoms with Gasteiger partial charge in [-0.2, -0.15) is 0 Å². The lowest BCUT2D eigenvalue weighted by Gasteiger charge is -2.14. The fourth-order valence-electron chi connectivity index (χ4n) is 3.10. The molecule has 0 fully saturated rings.